The second-order valence-corrected chi connectivity index (χ2v) is 5.63. The smallest absolute Gasteiger partial charge is 0.326 e. The molecule has 0 atom stereocenters. The van der Waals surface area contributed by atoms with Gasteiger partial charge in [0.1, 0.15) is 0 Å². The molecule has 3 rings (SSSR count). The summed E-state index contributed by atoms with van der Waals surface area (Å²) in [6.07, 6.45) is -2.37. The second kappa shape index (κ2) is 6.55. The highest BCUT2D eigenvalue weighted by molar-refractivity contribution is 5.79. The summed E-state index contributed by atoms with van der Waals surface area (Å²) in [6.45, 7) is 2.86. The molecule has 0 amide bonds. The molecule has 1 N–H and O–H groups in total. The summed E-state index contributed by atoms with van der Waals surface area (Å²) in [5.74, 6) is 0.559. The number of fused-ring (bicyclic) bond motifs is 1. The monoisotopic (exact) mass is 333 g/mol. The number of halogens is 3. The first kappa shape index (κ1) is 16.4. The van der Waals surface area contributed by atoms with E-state index in [0.717, 1.165) is 42.6 Å². The molecule has 0 aliphatic carbocycles. The van der Waals surface area contributed by atoms with Gasteiger partial charge in [-0.1, -0.05) is 31.5 Å². The van der Waals surface area contributed by atoms with Crippen molar-refractivity contribution in [3.63, 3.8) is 0 Å². The molecule has 0 bridgehead atoms. The summed E-state index contributed by atoms with van der Waals surface area (Å²) in [7, 11) is 0. The Bertz CT molecular complexity index is 837. The molecule has 0 aliphatic rings. The molecule has 3 nitrogen and oxygen atoms in total. The highest BCUT2D eigenvalue weighted by atomic mass is 19.4. The number of nitrogens with one attached hydrogen (secondary N) is 1. The van der Waals surface area contributed by atoms with Crippen LogP contribution in [0, 0.1) is 0 Å². The topological polar surface area (TPSA) is 29.9 Å². The summed E-state index contributed by atoms with van der Waals surface area (Å²) < 4.78 is 40.6. The lowest BCUT2D eigenvalue weighted by Gasteiger charge is -2.12. The van der Waals surface area contributed by atoms with Crippen LogP contribution in [0.15, 0.2) is 48.5 Å². The number of aryl methyl sites for hydroxylation is 1. The van der Waals surface area contributed by atoms with E-state index in [-0.39, 0.29) is 0 Å². The molecule has 126 valence electrons. The minimum atomic E-state index is -4.36. The molecule has 0 saturated heterocycles. The Kier molecular flexibility index (Phi) is 4.46. The number of anilines is 2. The lowest BCUT2D eigenvalue weighted by atomic mass is 10.2. The quantitative estimate of drug-likeness (QED) is 0.659. The van der Waals surface area contributed by atoms with Crippen molar-refractivity contribution >= 4 is 22.7 Å². The van der Waals surface area contributed by atoms with Gasteiger partial charge in [-0.25, -0.2) is 4.98 Å². The lowest BCUT2D eigenvalue weighted by Crippen LogP contribution is -2.07. The Balaban J connectivity index is 1.97. The van der Waals surface area contributed by atoms with Crippen molar-refractivity contribution in [3.05, 3.63) is 54.1 Å². The first-order chi connectivity index (χ1) is 11.5. The van der Waals surface area contributed by atoms with Gasteiger partial charge < -0.3 is 9.88 Å². The minimum absolute atomic E-state index is 0.373. The number of imidazole rings is 1. The fourth-order valence-electron chi connectivity index (χ4n) is 2.62. The molecular weight excluding hydrogens is 315 g/mol. The Morgan fingerprint density at radius 1 is 1.08 bits per heavy atom. The van der Waals surface area contributed by atoms with Gasteiger partial charge in [0, 0.05) is 12.2 Å². The van der Waals surface area contributed by atoms with Crippen LogP contribution < -0.4 is 5.32 Å². The van der Waals surface area contributed by atoms with E-state index in [1.807, 2.05) is 28.8 Å². The van der Waals surface area contributed by atoms with Crippen LogP contribution in [-0.2, 0) is 12.7 Å². The molecule has 1 aromatic heterocycles. The van der Waals surface area contributed by atoms with Gasteiger partial charge >= 0.3 is 6.18 Å². The zero-order valence-corrected chi connectivity index (χ0v) is 13.3. The third kappa shape index (κ3) is 3.37. The van der Waals surface area contributed by atoms with Gasteiger partial charge in [0.2, 0.25) is 5.95 Å². The maximum Gasteiger partial charge on any atom is 0.416 e. The summed E-state index contributed by atoms with van der Waals surface area (Å²) in [4.78, 5) is 4.52. The maximum atomic E-state index is 12.9. The molecular formula is C18H18F3N3. The Morgan fingerprint density at radius 2 is 1.88 bits per heavy atom. The van der Waals surface area contributed by atoms with Gasteiger partial charge in [0.25, 0.3) is 0 Å². The van der Waals surface area contributed by atoms with Crippen LogP contribution >= 0.6 is 0 Å². The van der Waals surface area contributed by atoms with E-state index in [4.69, 9.17) is 0 Å². The van der Waals surface area contributed by atoms with E-state index in [2.05, 4.69) is 17.2 Å². The van der Waals surface area contributed by atoms with Crippen molar-refractivity contribution in [2.24, 2.45) is 0 Å². The van der Waals surface area contributed by atoms with E-state index < -0.39 is 11.7 Å². The van der Waals surface area contributed by atoms with Crippen molar-refractivity contribution in [2.75, 3.05) is 5.32 Å². The normalized spacial score (nSPS) is 11.8. The van der Waals surface area contributed by atoms with Crippen LogP contribution in [0.5, 0.6) is 0 Å². The van der Waals surface area contributed by atoms with Gasteiger partial charge in [-0.15, -0.1) is 0 Å². The van der Waals surface area contributed by atoms with E-state index in [1.165, 1.54) is 6.07 Å². The van der Waals surface area contributed by atoms with Gasteiger partial charge in [-0.3, -0.25) is 0 Å². The number of alkyl halides is 3. The molecule has 0 saturated carbocycles. The van der Waals surface area contributed by atoms with E-state index in [1.54, 1.807) is 6.07 Å². The molecule has 2 aromatic carbocycles. The van der Waals surface area contributed by atoms with Gasteiger partial charge in [0.05, 0.1) is 16.6 Å². The van der Waals surface area contributed by atoms with Crippen molar-refractivity contribution < 1.29 is 13.2 Å². The summed E-state index contributed by atoms with van der Waals surface area (Å²) in [5.41, 5.74) is 1.49. The molecule has 0 fully saturated rings. The Morgan fingerprint density at radius 3 is 2.62 bits per heavy atom. The SMILES string of the molecule is CCCCn1c(Nc2cccc(C(F)(F)F)c2)nc2ccccc21. The zero-order chi connectivity index (χ0) is 17.2. The van der Waals surface area contributed by atoms with Crippen LogP contribution in [0.1, 0.15) is 25.3 Å². The summed E-state index contributed by atoms with van der Waals surface area (Å²) >= 11 is 0. The van der Waals surface area contributed by atoms with Crippen LogP contribution in [0.4, 0.5) is 24.8 Å². The molecule has 3 aromatic rings. The van der Waals surface area contributed by atoms with E-state index in [0.29, 0.717) is 11.6 Å². The number of para-hydroxylation sites is 2. The number of nitrogens with zero attached hydrogens (tertiary/aromatic N) is 2. The van der Waals surface area contributed by atoms with Crippen LogP contribution in [0.25, 0.3) is 11.0 Å². The second-order valence-electron chi connectivity index (χ2n) is 5.63. The van der Waals surface area contributed by atoms with Crippen LogP contribution in [0.2, 0.25) is 0 Å². The zero-order valence-electron chi connectivity index (χ0n) is 13.3. The van der Waals surface area contributed by atoms with Gasteiger partial charge in [0.15, 0.2) is 0 Å². The van der Waals surface area contributed by atoms with Crippen molar-refractivity contribution in [1.29, 1.82) is 0 Å². The lowest BCUT2D eigenvalue weighted by molar-refractivity contribution is -0.137. The standard InChI is InChI=1S/C18H18F3N3/c1-2-3-11-24-16-10-5-4-9-15(16)23-17(24)22-14-8-6-7-13(12-14)18(19,20)21/h4-10,12H,2-3,11H2,1H3,(H,22,23). The summed E-state index contributed by atoms with van der Waals surface area (Å²) in [5, 5.41) is 3.04. The molecule has 24 heavy (non-hydrogen) atoms. The molecule has 0 spiro atoms. The van der Waals surface area contributed by atoms with E-state index >= 15 is 0 Å². The van der Waals surface area contributed by atoms with Crippen molar-refractivity contribution in [2.45, 2.75) is 32.5 Å². The number of rotatable bonds is 5. The van der Waals surface area contributed by atoms with Crippen LogP contribution in [-0.4, -0.2) is 9.55 Å². The van der Waals surface area contributed by atoms with E-state index in [9.17, 15) is 13.2 Å². The highest BCUT2D eigenvalue weighted by Crippen LogP contribution is 2.31. The molecule has 0 aliphatic heterocycles. The first-order valence-electron chi connectivity index (χ1n) is 7.88. The Hall–Kier alpha value is -2.50. The predicted octanol–water partition coefficient (Wildman–Crippen LogP) is 5.60. The number of hydrogen-bond donors (Lipinski definition) is 1. The molecule has 0 radical (unpaired) electrons. The third-order valence-corrected chi connectivity index (χ3v) is 3.84. The minimum Gasteiger partial charge on any atom is -0.326 e. The van der Waals surface area contributed by atoms with Crippen molar-refractivity contribution in [1.82, 2.24) is 9.55 Å². The first-order valence-corrected chi connectivity index (χ1v) is 7.88. The highest BCUT2D eigenvalue weighted by Gasteiger charge is 2.30. The number of hydrogen-bond acceptors (Lipinski definition) is 2. The fourth-order valence-corrected chi connectivity index (χ4v) is 2.62. The predicted molar refractivity (Wildman–Crippen MR) is 89.4 cm³/mol. The summed E-state index contributed by atoms with van der Waals surface area (Å²) in [6, 6.07) is 12.9. The Labute approximate surface area is 138 Å². The van der Waals surface area contributed by atoms with Gasteiger partial charge in [-0.2, -0.15) is 13.2 Å². The fraction of sp³-hybridized carbons (Fsp3) is 0.278. The molecule has 6 heteroatoms. The number of unbranched alkanes of at least 4 members (excludes halogenated alkanes) is 1. The van der Waals surface area contributed by atoms with Gasteiger partial charge in [-0.05, 0) is 36.8 Å². The average molecular weight is 333 g/mol. The van der Waals surface area contributed by atoms with Crippen LogP contribution in [0.3, 0.4) is 0 Å². The largest absolute Gasteiger partial charge is 0.416 e. The molecule has 0 unspecified atom stereocenters. The maximum absolute atomic E-state index is 12.9. The van der Waals surface area contributed by atoms with Crippen molar-refractivity contribution in [3.8, 4) is 0 Å². The number of benzene rings is 2. The molecule has 1 heterocycles. The average Bonchev–Trinajstić information content (AvgIpc) is 2.89. The third-order valence-electron chi connectivity index (χ3n) is 3.84. The number of aromatic nitrogens is 2.